The van der Waals surface area contributed by atoms with Crippen LogP contribution in [0.1, 0.15) is 48.4 Å². The predicted octanol–water partition coefficient (Wildman–Crippen LogP) is 3.31. The topological polar surface area (TPSA) is 68.0 Å². The first kappa shape index (κ1) is 17.0. The van der Waals surface area contributed by atoms with E-state index < -0.39 is 35.0 Å². The van der Waals surface area contributed by atoms with Crippen molar-refractivity contribution < 1.29 is 22.4 Å². The molecule has 8 heteroatoms. The minimum absolute atomic E-state index is 0.169. The van der Waals surface area contributed by atoms with Gasteiger partial charge in [0.2, 0.25) is 11.8 Å². The molecule has 1 heterocycles. The van der Waals surface area contributed by atoms with Crippen LogP contribution in [0.15, 0.2) is 16.5 Å². The molecular formula is C15H16F3N3O2. The summed E-state index contributed by atoms with van der Waals surface area (Å²) in [5.41, 5.74) is -0.589. The molecule has 23 heavy (non-hydrogen) atoms. The van der Waals surface area contributed by atoms with Gasteiger partial charge in [0.25, 0.3) is 5.91 Å². The summed E-state index contributed by atoms with van der Waals surface area (Å²) in [5, 5.41) is 10.0. The molecular weight excluding hydrogens is 311 g/mol. The number of hydrogen-bond donors (Lipinski definition) is 1. The van der Waals surface area contributed by atoms with Crippen LogP contribution in [0.3, 0.4) is 0 Å². The summed E-state index contributed by atoms with van der Waals surface area (Å²) in [4.78, 5) is 12.2. The Labute approximate surface area is 130 Å². The summed E-state index contributed by atoms with van der Waals surface area (Å²) in [6.07, 6.45) is 0.457. The Morgan fingerprint density at radius 2 is 1.91 bits per heavy atom. The molecule has 5 nitrogen and oxygen atoms in total. The largest absolute Gasteiger partial charge is 0.423 e. The highest BCUT2D eigenvalue weighted by Crippen LogP contribution is 2.22. The fraction of sp³-hybridized carbons (Fsp3) is 0.400. The van der Waals surface area contributed by atoms with E-state index in [9.17, 15) is 18.0 Å². The number of aromatic nitrogens is 2. The zero-order chi connectivity index (χ0) is 17.1. The van der Waals surface area contributed by atoms with E-state index in [1.54, 1.807) is 6.92 Å². The third-order valence-corrected chi connectivity index (χ3v) is 3.13. The Morgan fingerprint density at radius 1 is 1.22 bits per heavy atom. The van der Waals surface area contributed by atoms with Gasteiger partial charge in [0.1, 0.15) is 6.04 Å². The van der Waals surface area contributed by atoms with Gasteiger partial charge >= 0.3 is 0 Å². The highest BCUT2D eigenvalue weighted by molar-refractivity contribution is 5.94. The van der Waals surface area contributed by atoms with E-state index in [0.717, 1.165) is 6.07 Å². The molecule has 0 spiro atoms. The van der Waals surface area contributed by atoms with Crippen LogP contribution in [-0.2, 0) is 0 Å². The molecule has 124 valence electrons. The SMILES string of the molecule is Cc1nnc(C(CC(C)C)NC(=O)c2ccc(F)c(F)c2F)o1. The average molecular weight is 327 g/mol. The first-order valence-electron chi connectivity index (χ1n) is 7.04. The maximum absolute atomic E-state index is 13.7. The monoisotopic (exact) mass is 327 g/mol. The summed E-state index contributed by atoms with van der Waals surface area (Å²) in [6, 6.07) is 0.923. The van der Waals surface area contributed by atoms with E-state index in [2.05, 4.69) is 15.5 Å². The third-order valence-electron chi connectivity index (χ3n) is 3.13. The minimum atomic E-state index is -1.69. The highest BCUT2D eigenvalue weighted by atomic mass is 19.2. The summed E-state index contributed by atoms with van der Waals surface area (Å²) in [7, 11) is 0. The lowest BCUT2D eigenvalue weighted by molar-refractivity contribution is 0.0918. The molecule has 2 aromatic rings. The van der Waals surface area contributed by atoms with Gasteiger partial charge in [-0.15, -0.1) is 10.2 Å². The Balaban J connectivity index is 2.26. The van der Waals surface area contributed by atoms with Crippen LogP contribution in [0, 0.1) is 30.3 Å². The Hall–Kier alpha value is -2.38. The van der Waals surface area contributed by atoms with Crippen molar-refractivity contribution in [1.29, 1.82) is 0 Å². The quantitative estimate of drug-likeness (QED) is 0.856. The number of hydrogen-bond acceptors (Lipinski definition) is 4. The molecule has 1 amide bonds. The third kappa shape index (κ3) is 3.88. The number of amides is 1. The van der Waals surface area contributed by atoms with Gasteiger partial charge in [-0.2, -0.15) is 0 Å². The van der Waals surface area contributed by atoms with Crippen LogP contribution >= 0.6 is 0 Å². The minimum Gasteiger partial charge on any atom is -0.423 e. The van der Waals surface area contributed by atoms with E-state index >= 15 is 0 Å². The molecule has 0 aliphatic carbocycles. The van der Waals surface area contributed by atoms with Crippen molar-refractivity contribution >= 4 is 5.91 Å². The van der Waals surface area contributed by atoms with E-state index in [-0.39, 0.29) is 11.8 Å². The fourth-order valence-electron chi connectivity index (χ4n) is 2.08. The van der Waals surface area contributed by atoms with Gasteiger partial charge in [0.05, 0.1) is 5.56 Å². The fourth-order valence-corrected chi connectivity index (χ4v) is 2.08. The highest BCUT2D eigenvalue weighted by Gasteiger charge is 2.25. The van der Waals surface area contributed by atoms with Crippen LogP contribution in [0.25, 0.3) is 0 Å². The Morgan fingerprint density at radius 3 is 2.48 bits per heavy atom. The summed E-state index contributed by atoms with van der Waals surface area (Å²) >= 11 is 0. The molecule has 0 saturated heterocycles. The normalized spacial score (nSPS) is 12.5. The van der Waals surface area contributed by atoms with Crippen LogP contribution in [0.4, 0.5) is 13.2 Å². The summed E-state index contributed by atoms with van der Waals surface area (Å²) in [5.74, 6) is -4.80. The molecule has 0 radical (unpaired) electrons. The lowest BCUT2D eigenvalue weighted by Gasteiger charge is -2.17. The average Bonchev–Trinajstić information content (AvgIpc) is 2.90. The number of nitrogens with zero attached hydrogens (tertiary/aromatic N) is 2. The van der Waals surface area contributed by atoms with Gasteiger partial charge in [-0.1, -0.05) is 13.8 Å². The number of benzene rings is 1. The van der Waals surface area contributed by atoms with Crippen molar-refractivity contribution in [3.8, 4) is 0 Å². The molecule has 1 unspecified atom stereocenters. The lowest BCUT2D eigenvalue weighted by Crippen LogP contribution is -2.30. The van der Waals surface area contributed by atoms with Crippen molar-refractivity contribution in [3.05, 3.63) is 46.9 Å². The van der Waals surface area contributed by atoms with Gasteiger partial charge in [-0.3, -0.25) is 4.79 Å². The van der Waals surface area contributed by atoms with Crippen LogP contribution in [0.2, 0.25) is 0 Å². The summed E-state index contributed by atoms with van der Waals surface area (Å²) < 4.78 is 45.2. The molecule has 2 rings (SSSR count). The molecule has 1 N–H and O–H groups in total. The lowest BCUT2D eigenvalue weighted by atomic mass is 10.0. The molecule has 0 aliphatic rings. The molecule has 0 bridgehead atoms. The van der Waals surface area contributed by atoms with Crippen molar-refractivity contribution in [3.63, 3.8) is 0 Å². The van der Waals surface area contributed by atoms with Crippen LogP contribution < -0.4 is 5.32 Å². The van der Waals surface area contributed by atoms with Gasteiger partial charge < -0.3 is 9.73 Å². The number of aryl methyl sites for hydroxylation is 1. The summed E-state index contributed by atoms with van der Waals surface area (Å²) in [6.45, 7) is 5.43. The van der Waals surface area contributed by atoms with E-state index in [4.69, 9.17) is 4.42 Å². The predicted molar refractivity (Wildman–Crippen MR) is 75.0 cm³/mol. The Bertz CT molecular complexity index is 716. The van der Waals surface area contributed by atoms with Crippen LogP contribution in [-0.4, -0.2) is 16.1 Å². The van der Waals surface area contributed by atoms with E-state index in [0.29, 0.717) is 18.4 Å². The van der Waals surface area contributed by atoms with Gasteiger partial charge in [0, 0.05) is 6.92 Å². The number of carbonyl (C=O) groups excluding carboxylic acids is 1. The molecule has 0 saturated carbocycles. The smallest absolute Gasteiger partial charge is 0.255 e. The molecule has 1 aromatic carbocycles. The van der Waals surface area contributed by atoms with Gasteiger partial charge in [0.15, 0.2) is 17.5 Å². The second kappa shape index (κ2) is 6.80. The zero-order valence-electron chi connectivity index (χ0n) is 12.9. The first-order chi connectivity index (χ1) is 10.8. The van der Waals surface area contributed by atoms with Gasteiger partial charge in [-0.25, -0.2) is 13.2 Å². The van der Waals surface area contributed by atoms with Crippen molar-refractivity contribution in [2.75, 3.05) is 0 Å². The number of nitrogens with one attached hydrogen (secondary N) is 1. The molecule has 0 fully saturated rings. The van der Waals surface area contributed by atoms with Crippen molar-refractivity contribution in [2.45, 2.75) is 33.2 Å². The number of rotatable bonds is 5. The molecule has 1 aromatic heterocycles. The molecule has 0 aliphatic heterocycles. The van der Waals surface area contributed by atoms with Crippen molar-refractivity contribution in [1.82, 2.24) is 15.5 Å². The van der Waals surface area contributed by atoms with Gasteiger partial charge in [-0.05, 0) is 24.5 Å². The Kier molecular flexibility index (Phi) is 5.02. The maximum Gasteiger partial charge on any atom is 0.255 e. The zero-order valence-corrected chi connectivity index (χ0v) is 12.9. The van der Waals surface area contributed by atoms with Crippen molar-refractivity contribution in [2.24, 2.45) is 5.92 Å². The van der Waals surface area contributed by atoms with E-state index in [1.807, 2.05) is 13.8 Å². The standard InChI is InChI=1S/C15H16F3N3O2/c1-7(2)6-11(15-21-20-8(3)23-15)19-14(22)9-4-5-10(16)13(18)12(9)17/h4-5,7,11H,6H2,1-3H3,(H,19,22). The second-order valence-corrected chi connectivity index (χ2v) is 5.54. The number of halogens is 3. The maximum atomic E-state index is 13.7. The molecule has 1 atom stereocenters. The number of carbonyl (C=O) groups is 1. The van der Waals surface area contributed by atoms with E-state index in [1.165, 1.54) is 0 Å². The van der Waals surface area contributed by atoms with Crippen LogP contribution in [0.5, 0.6) is 0 Å². The first-order valence-corrected chi connectivity index (χ1v) is 7.04. The second-order valence-electron chi connectivity index (χ2n) is 5.54.